The summed E-state index contributed by atoms with van der Waals surface area (Å²) in [5.41, 5.74) is 0.767. The minimum atomic E-state index is -3.55. The highest BCUT2D eigenvalue weighted by molar-refractivity contribution is 7.87. The standard InChI is InChI=1S/C14H22N2O3S/c1-12-6-5-9-16(10-12)20(18,19)15-14(11-17)13-7-3-2-4-8-13/h2-4,7-8,12,14-15,17H,5-6,9-11H2,1H3. The van der Waals surface area contributed by atoms with E-state index in [1.165, 1.54) is 4.31 Å². The normalized spacial score (nSPS) is 22.6. The van der Waals surface area contributed by atoms with E-state index in [0.717, 1.165) is 18.4 Å². The molecule has 1 aromatic carbocycles. The smallest absolute Gasteiger partial charge is 0.280 e. The van der Waals surface area contributed by atoms with E-state index >= 15 is 0 Å². The van der Waals surface area contributed by atoms with Crippen molar-refractivity contribution in [3.63, 3.8) is 0 Å². The summed E-state index contributed by atoms with van der Waals surface area (Å²) in [5.74, 6) is 0.379. The minimum Gasteiger partial charge on any atom is -0.394 e. The molecule has 0 saturated carbocycles. The molecule has 6 heteroatoms. The molecule has 0 bridgehead atoms. The third-order valence-electron chi connectivity index (χ3n) is 3.64. The first-order chi connectivity index (χ1) is 9.53. The van der Waals surface area contributed by atoms with E-state index in [1.54, 1.807) is 0 Å². The van der Waals surface area contributed by atoms with Gasteiger partial charge in [0, 0.05) is 13.1 Å². The van der Waals surface area contributed by atoms with Gasteiger partial charge in [-0.2, -0.15) is 17.4 Å². The molecule has 1 fully saturated rings. The van der Waals surface area contributed by atoms with Crippen LogP contribution in [0.4, 0.5) is 0 Å². The van der Waals surface area contributed by atoms with E-state index in [0.29, 0.717) is 19.0 Å². The van der Waals surface area contributed by atoms with Crippen LogP contribution in [0.25, 0.3) is 0 Å². The summed E-state index contributed by atoms with van der Waals surface area (Å²) < 4.78 is 28.8. The zero-order valence-electron chi connectivity index (χ0n) is 11.7. The SMILES string of the molecule is CC1CCCN(S(=O)(=O)NC(CO)c2ccccc2)C1. The molecule has 2 N–H and O–H groups in total. The highest BCUT2D eigenvalue weighted by Gasteiger charge is 2.29. The van der Waals surface area contributed by atoms with E-state index in [4.69, 9.17) is 0 Å². The number of benzene rings is 1. The third kappa shape index (κ3) is 3.79. The van der Waals surface area contributed by atoms with Crippen LogP contribution in [0.5, 0.6) is 0 Å². The number of nitrogens with one attached hydrogen (secondary N) is 1. The quantitative estimate of drug-likeness (QED) is 0.860. The van der Waals surface area contributed by atoms with Crippen molar-refractivity contribution in [1.82, 2.24) is 9.03 Å². The second-order valence-electron chi connectivity index (χ2n) is 5.37. The fraction of sp³-hybridized carbons (Fsp3) is 0.571. The van der Waals surface area contributed by atoms with Crippen LogP contribution in [-0.4, -0.2) is 37.5 Å². The zero-order valence-corrected chi connectivity index (χ0v) is 12.5. The second-order valence-corrected chi connectivity index (χ2v) is 7.08. The minimum absolute atomic E-state index is 0.257. The van der Waals surface area contributed by atoms with Crippen molar-refractivity contribution in [3.8, 4) is 0 Å². The van der Waals surface area contributed by atoms with Crippen LogP contribution in [0.1, 0.15) is 31.4 Å². The van der Waals surface area contributed by atoms with Gasteiger partial charge in [-0.05, 0) is 24.3 Å². The number of hydrogen-bond acceptors (Lipinski definition) is 3. The summed E-state index contributed by atoms with van der Waals surface area (Å²) in [6.07, 6.45) is 1.95. The van der Waals surface area contributed by atoms with Crippen LogP contribution in [0.15, 0.2) is 30.3 Å². The third-order valence-corrected chi connectivity index (χ3v) is 5.23. The van der Waals surface area contributed by atoms with Crippen molar-refractivity contribution in [2.24, 2.45) is 5.92 Å². The Bertz CT molecular complexity index is 518. The lowest BCUT2D eigenvalue weighted by atomic mass is 10.0. The lowest BCUT2D eigenvalue weighted by Gasteiger charge is -2.31. The molecule has 0 aliphatic carbocycles. The Morgan fingerprint density at radius 3 is 2.70 bits per heavy atom. The number of rotatable bonds is 5. The lowest BCUT2D eigenvalue weighted by Crippen LogP contribution is -2.47. The summed E-state index contributed by atoms with van der Waals surface area (Å²) in [5, 5.41) is 9.45. The first-order valence-corrected chi connectivity index (χ1v) is 8.40. The van der Waals surface area contributed by atoms with Gasteiger partial charge >= 0.3 is 0 Å². The van der Waals surface area contributed by atoms with Crippen molar-refractivity contribution >= 4 is 10.2 Å². The highest BCUT2D eigenvalue weighted by Crippen LogP contribution is 2.20. The van der Waals surface area contributed by atoms with Crippen LogP contribution in [0, 0.1) is 5.92 Å². The molecule has 0 spiro atoms. The Labute approximate surface area is 120 Å². The molecular weight excluding hydrogens is 276 g/mol. The van der Waals surface area contributed by atoms with Crippen LogP contribution >= 0.6 is 0 Å². The highest BCUT2D eigenvalue weighted by atomic mass is 32.2. The maximum absolute atomic E-state index is 12.4. The van der Waals surface area contributed by atoms with Gasteiger partial charge in [0.2, 0.25) is 0 Å². The van der Waals surface area contributed by atoms with E-state index in [-0.39, 0.29) is 6.61 Å². The largest absolute Gasteiger partial charge is 0.394 e. The Balaban J connectivity index is 2.10. The van der Waals surface area contributed by atoms with Gasteiger partial charge in [0.25, 0.3) is 10.2 Å². The molecule has 2 rings (SSSR count). The predicted octanol–water partition coefficient (Wildman–Crippen LogP) is 1.29. The number of nitrogens with zero attached hydrogens (tertiary/aromatic N) is 1. The summed E-state index contributed by atoms with van der Waals surface area (Å²) in [4.78, 5) is 0. The molecule has 2 atom stereocenters. The molecule has 0 radical (unpaired) electrons. The van der Waals surface area contributed by atoms with Gasteiger partial charge in [0.05, 0.1) is 12.6 Å². The van der Waals surface area contributed by atoms with Crippen LogP contribution in [-0.2, 0) is 10.2 Å². The summed E-state index contributed by atoms with van der Waals surface area (Å²) >= 11 is 0. The fourth-order valence-corrected chi connectivity index (χ4v) is 4.05. The Kier molecular flexibility index (Phi) is 5.15. The van der Waals surface area contributed by atoms with Gasteiger partial charge < -0.3 is 5.11 Å². The molecule has 112 valence electrons. The molecule has 1 aliphatic heterocycles. The molecule has 0 amide bonds. The summed E-state index contributed by atoms with van der Waals surface area (Å²) in [6.45, 7) is 2.89. The number of aliphatic hydroxyl groups excluding tert-OH is 1. The number of hydrogen-bond donors (Lipinski definition) is 2. The van der Waals surface area contributed by atoms with Crippen molar-refractivity contribution in [1.29, 1.82) is 0 Å². The van der Waals surface area contributed by atoms with E-state index in [9.17, 15) is 13.5 Å². The van der Waals surface area contributed by atoms with Crippen molar-refractivity contribution in [3.05, 3.63) is 35.9 Å². The molecule has 1 aliphatic rings. The zero-order chi connectivity index (χ0) is 14.6. The monoisotopic (exact) mass is 298 g/mol. The Hall–Kier alpha value is -0.950. The molecule has 5 nitrogen and oxygen atoms in total. The second kappa shape index (κ2) is 6.67. The Morgan fingerprint density at radius 2 is 2.10 bits per heavy atom. The van der Waals surface area contributed by atoms with Gasteiger partial charge in [-0.1, -0.05) is 37.3 Å². The number of aliphatic hydroxyl groups is 1. The lowest BCUT2D eigenvalue weighted by molar-refractivity contribution is 0.247. The van der Waals surface area contributed by atoms with Crippen molar-refractivity contribution in [2.75, 3.05) is 19.7 Å². The average Bonchev–Trinajstić information content (AvgIpc) is 2.46. The van der Waals surface area contributed by atoms with E-state index < -0.39 is 16.3 Å². The molecule has 20 heavy (non-hydrogen) atoms. The topological polar surface area (TPSA) is 69.6 Å². The van der Waals surface area contributed by atoms with Gasteiger partial charge in [0.1, 0.15) is 0 Å². The molecule has 1 aromatic rings. The maximum atomic E-state index is 12.4. The van der Waals surface area contributed by atoms with Crippen molar-refractivity contribution < 1.29 is 13.5 Å². The predicted molar refractivity (Wildman–Crippen MR) is 78.3 cm³/mol. The van der Waals surface area contributed by atoms with Crippen LogP contribution < -0.4 is 4.72 Å². The molecule has 1 heterocycles. The first kappa shape index (κ1) is 15.4. The van der Waals surface area contributed by atoms with Gasteiger partial charge in [-0.3, -0.25) is 0 Å². The van der Waals surface area contributed by atoms with Crippen LogP contribution in [0.2, 0.25) is 0 Å². The molecular formula is C14H22N2O3S. The van der Waals surface area contributed by atoms with Gasteiger partial charge in [-0.15, -0.1) is 0 Å². The summed E-state index contributed by atoms with van der Waals surface area (Å²) in [7, 11) is -3.55. The number of piperidine rings is 1. The molecule has 1 saturated heterocycles. The molecule has 2 unspecified atom stereocenters. The maximum Gasteiger partial charge on any atom is 0.280 e. The summed E-state index contributed by atoms with van der Waals surface area (Å²) in [6, 6.07) is 8.53. The van der Waals surface area contributed by atoms with E-state index in [1.807, 2.05) is 30.3 Å². The first-order valence-electron chi connectivity index (χ1n) is 6.96. The van der Waals surface area contributed by atoms with Gasteiger partial charge in [0.15, 0.2) is 0 Å². The molecule has 0 aromatic heterocycles. The Morgan fingerprint density at radius 1 is 1.40 bits per heavy atom. The van der Waals surface area contributed by atoms with Crippen LogP contribution in [0.3, 0.4) is 0 Å². The van der Waals surface area contributed by atoms with Gasteiger partial charge in [-0.25, -0.2) is 0 Å². The van der Waals surface area contributed by atoms with Crippen molar-refractivity contribution in [2.45, 2.75) is 25.8 Å². The van der Waals surface area contributed by atoms with E-state index in [2.05, 4.69) is 11.6 Å². The fourth-order valence-electron chi connectivity index (χ4n) is 2.51. The average molecular weight is 298 g/mol.